The minimum Gasteiger partial charge on any atom is -0.392 e. The Morgan fingerprint density at radius 2 is 2.00 bits per heavy atom. The van der Waals surface area contributed by atoms with Crippen LogP contribution in [0.25, 0.3) is 0 Å². The Morgan fingerprint density at radius 3 is 2.46 bits per heavy atom. The summed E-state index contributed by atoms with van der Waals surface area (Å²) in [6, 6.07) is 0.633. The average Bonchev–Trinajstić information content (AvgIpc) is 2.95. The van der Waals surface area contributed by atoms with Gasteiger partial charge in [0.15, 0.2) is 0 Å². The van der Waals surface area contributed by atoms with E-state index in [4.69, 9.17) is 0 Å². The minimum absolute atomic E-state index is 0.159. The van der Waals surface area contributed by atoms with Crippen LogP contribution in [0.2, 0.25) is 0 Å². The molecular formula is C11H23NO. The fourth-order valence-electron chi connectivity index (χ4n) is 1.60. The maximum Gasteiger partial charge on any atom is 0.0662 e. The Labute approximate surface area is 81.7 Å². The fraction of sp³-hybridized carbons (Fsp3) is 1.00. The van der Waals surface area contributed by atoms with Gasteiger partial charge in [0.1, 0.15) is 0 Å². The molecule has 0 aromatic carbocycles. The zero-order valence-corrected chi connectivity index (χ0v) is 8.92. The van der Waals surface area contributed by atoms with E-state index in [0.29, 0.717) is 6.04 Å². The lowest BCUT2D eigenvalue weighted by Crippen LogP contribution is -2.35. The smallest absolute Gasteiger partial charge is 0.0662 e. The van der Waals surface area contributed by atoms with Gasteiger partial charge in [0.2, 0.25) is 0 Å². The molecule has 2 unspecified atom stereocenters. The summed E-state index contributed by atoms with van der Waals surface area (Å²) in [5, 5.41) is 12.8. The predicted octanol–water partition coefficient (Wildman–Crippen LogP) is 1.93. The van der Waals surface area contributed by atoms with Gasteiger partial charge in [-0.2, -0.15) is 0 Å². The van der Waals surface area contributed by atoms with Crippen LogP contribution in [0.1, 0.15) is 46.0 Å². The monoisotopic (exact) mass is 185 g/mol. The number of hydrogen-bond donors (Lipinski definition) is 2. The van der Waals surface area contributed by atoms with Crippen molar-refractivity contribution < 1.29 is 5.11 Å². The Kier molecular flexibility index (Phi) is 4.74. The molecule has 78 valence electrons. The standard InChI is InChI=1S/C11H23NO/c1-3-10(7-9-5-6-9)12-8-11(13)4-2/h9-13H,3-8H2,1-2H3. The van der Waals surface area contributed by atoms with Crippen molar-refractivity contribution in [2.24, 2.45) is 5.92 Å². The first-order chi connectivity index (χ1) is 6.26. The van der Waals surface area contributed by atoms with E-state index >= 15 is 0 Å². The third-order valence-electron chi connectivity index (χ3n) is 2.92. The summed E-state index contributed by atoms with van der Waals surface area (Å²) in [6.45, 7) is 5.01. The van der Waals surface area contributed by atoms with Crippen molar-refractivity contribution in [3.63, 3.8) is 0 Å². The molecule has 0 radical (unpaired) electrons. The zero-order chi connectivity index (χ0) is 9.68. The lowest BCUT2D eigenvalue weighted by atomic mass is 10.1. The second-order valence-electron chi connectivity index (χ2n) is 4.25. The summed E-state index contributed by atoms with van der Waals surface area (Å²) in [5.41, 5.74) is 0. The van der Waals surface area contributed by atoms with E-state index < -0.39 is 0 Å². The molecule has 0 aliphatic heterocycles. The molecule has 2 heteroatoms. The number of rotatable bonds is 7. The molecule has 0 aromatic rings. The lowest BCUT2D eigenvalue weighted by Gasteiger charge is -2.18. The third kappa shape index (κ3) is 4.63. The highest BCUT2D eigenvalue weighted by Crippen LogP contribution is 2.33. The largest absolute Gasteiger partial charge is 0.392 e. The van der Waals surface area contributed by atoms with Crippen molar-refractivity contribution >= 4 is 0 Å². The molecule has 0 saturated heterocycles. The van der Waals surface area contributed by atoms with Crippen LogP contribution in [0.4, 0.5) is 0 Å². The summed E-state index contributed by atoms with van der Waals surface area (Å²) in [5.74, 6) is 0.983. The third-order valence-corrected chi connectivity index (χ3v) is 2.92. The van der Waals surface area contributed by atoms with Crippen LogP contribution in [0, 0.1) is 5.92 Å². The van der Waals surface area contributed by atoms with Crippen LogP contribution in [-0.2, 0) is 0 Å². The number of nitrogens with one attached hydrogen (secondary N) is 1. The molecule has 0 bridgehead atoms. The van der Waals surface area contributed by atoms with Crippen molar-refractivity contribution in [1.29, 1.82) is 0 Å². The molecule has 1 fully saturated rings. The van der Waals surface area contributed by atoms with Crippen molar-refractivity contribution in [3.05, 3.63) is 0 Å². The van der Waals surface area contributed by atoms with E-state index in [-0.39, 0.29) is 6.10 Å². The van der Waals surface area contributed by atoms with Gasteiger partial charge in [0.25, 0.3) is 0 Å². The molecule has 13 heavy (non-hydrogen) atoms. The van der Waals surface area contributed by atoms with Crippen LogP contribution in [-0.4, -0.2) is 23.8 Å². The first-order valence-electron chi connectivity index (χ1n) is 5.67. The second kappa shape index (κ2) is 5.61. The van der Waals surface area contributed by atoms with Crippen LogP contribution in [0.15, 0.2) is 0 Å². The number of aliphatic hydroxyl groups is 1. The second-order valence-corrected chi connectivity index (χ2v) is 4.25. The molecule has 2 nitrogen and oxygen atoms in total. The minimum atomic E-state index is -0.159. The Bertz CT molecular complexity index is 134. The van der Waals surface area contributed by atoms with Gasteiger partial charge in [-0.25, -0.2) is 0 Å². The zero-order valence-electron chi connectivity index (χ0n) is 8.92. The normalized spacial score (nSPS) is 21.5. The van der Waals surface area contributed by atoms with E-state index in [0.717, 1.165) is 18.9 Å². The molecule has 0 aromatic heterocycles. The number of aliphatic hydroxyl groups excluding tert-OH is 1. The molecule has 2 atom stereocenters. The summed E-state index contributed by atoms with van der Waals surface area (Å²) >= 11 is 0. The van der Waals surface area contributed by atoms with E-state index in [1.807, 2.05) is 6.92 Å². The first-order valence-corrected chi connectivity index (χ1v) is 5.67. The molecule has 0 amide bonds. The van der Waals surface area contributed by atoms with Gasteiger partial charge in [-0.05, 0) is 25.2 Å². The summed E-state index contributed by atoms with van der Waals surface area (Å²) in [4.78, 5) is 0. The maximum absolute atomic E-state index is 9.39. The predicted molar refractivity (Wildman–Crippen MR) is 55.7 cm³/mol. The van der Waals surface area contributed by atoms with Crippen LogP contribution < -0.4 is 5.32 Å². The highest BCUT2D eigenvalue weighted by atomic mass is 16.3. The Morgan fingerprint density at radius 1 is 1.31 bits per heavy atom. The fourth-order valence-corrected chi connectivity index (χ4v) is 1.60. The van der Waals surface area contributed by atoms with E-state index in [9.17, 15) is 5.11 Å². The first kappa shape index (κ1) is 11.0. The molecule has 0 spiro atoms. The van der Waals surface area contributed by atoms with Crippen molar-refractivity contribution in [2.45, 2.75) is 58.1 Å². The summed E-state index contributed by atoms with van der Waals surface area (Å²) in [6.07, 6.45) is 6.05. The molecule has 2 N–H and O–H groups in total. The highest BCUT2D eigenvalue weighted by molar-refractivity contribution is 4.79. The molecule has 1 rings (SSSR count). The molecule has 1 aliphatic rings. The lowest BCUT2D eigenvalue weighted by molar-refractivity contribution is 0.161. The van der Waals surface area contributed by atoms with Crippen LogP contribution >= 0.6 is 0 Å². The highest BCUT2D eigenvalue weighted by Gasteiger charge is 2.24. The van der Waals surface area contributed by atoms with Gasteiger partial charge in [0.05, 0.1) is 6.10 Å². The average molecular weight is 185 g/mol. The molecule has 1 saturated carbocycles. The topological polar surface area (TPSA) is 32.3 Å². The molecular weight excluding hydrogens is 162 g/mol. The Balaban J connectivity index is 2.07. The van der Waals surface area contributed by atoms with E-state index in [1.54, 1.807) is 0 Å². The van der Waals surface area contributed by atoms with Gasteiger partial charge < -0.3 is 10.4 Å². The summed E-state index contributed by atoms with van der Waals surface area (Å²) < 4.78 is 0. The van der Waals surface area contributed by atoms with Gasteiger partial charge in [0, 0.05) is 12.6 Å². The Hall–Kier alpha value is -0.0800. The van der Waals surface area contributed by atoms with Crippen LogP contribution in [0.5, 0.6) is 0 Å². The van der Waals surface area contributed by atoms with Crippen molar-refractivity contribution in [2.75, 3.05) is 6.54 Å². The van der Waals surface area contributed by atoms with Gasteiger partial charge >= 0.3 is 0 Å². The summed E-state index contributed by atoms with van der Waals surface area (Å²) in [7, 11) is 0. The maximum atomic E-state index is 9.39. The van der Waals surface area contributed by atoms with Crippen molar-refractivity contribution in [3.8, 4) is 0 Å². The number of hydrogen-bond acceptors (Lipinski definition) is 2. The van der Waals surface area contributed by atoms with E-state index in [2.05, 4.69) is 12.2 Å². The van der Waals surface area contributed by atoms with E-state index in [1.165, 1.54) is 25.7 Å². The van der Waals surface area contributed by atoms with Gasteiger partial charge in [-0.3, -0.25) is 0 Å². The van der Waals surface area contributed by atoms with Gasteiger partial charge in [-0.15, -0.1) is 0 Å². The van der Waals surface area contributed by atoms with Gasteiger partial charge in [-0.1, -0.05) is 26.7 Å². The quantitative estimate of drug-likeness (QED) is 0.635. The SMILES string of the molecule is CCC(O)CNC(CC)CC1CC1. The van der Waals surface area contributed by atoms with Crippen molar-refractivity contribution in [1.82, 2.24) is 5.32 Å². The van der Waals surface area contributed by atoms with Crippen LogP contribution in [0.3, 0.4) is 0 Å². The molecule has 1 aliphatic carbocycles. The molecule has 0 heterocycles.